The molecule has 2 aliphatic heterocycles. The molecule has 0 atom stereocenters. The fourth-order valence-corrected chi connectivity index (χ4v) is 8.50. The topological polar surface area (TPSA) is 143 Å². The standard InChI is InChI=1S/C21H19N5OS.C17H11BrN4O.C4H9NS/c27-17-8-4-5-15(13-17)19-23-20(25-9-11-28-12-10-25)18-14-22-26(21(18)24-19)16-6-2-1-3-7-16;18-15-14-10-19-22(12-6-2-1-3-7-12)17(14)21-16(20-15)11-5-4-8-13(23)9-11;1-3-6-4-2-5-1/h1-8,13-14,27H,9-12H2;1-10,23H;5H,1-4H2. The molecule has 57 heavy (non-hydrogen) atoms. The van der Waals surface area contributed by atoms with Gasteiger partial charge in [0, 0.05) is 60.3 Å². The Morgan fingerprint density at radius 1 is 0.561 bits per heavy atom. The average molecular weight is 860 g/mol. The highest BCUT2D eigenvalue weighted by Crippen LogP contribution is 2.32. The zero-order chi connectivity index (χ0) is 39.0. The number of nitrogens with zero attached hydrogens (tertiary/aromatic N) is 9. The second kappa shape index (κ2) is 18.2. The molecule has 2 fully saturated rings. The van der Waals surface area contributed by atoms with Gasteiger partial charge in [-0.1, -0.05) is 60.7 Å². The maximum absolute atomic E-state index is 9.91. The molecule has 3 N–H and O–H groups in total. The van der Waals surface area contributed by atoms with Gasteiger partial charge in [0.15, 0.2) is 22.9 Å². The van der Waals surface area contributed by atoms with Crippen molar-refractivity contribution in [2.24, 2.45) is 0 Å². The minimum Gasteiger partial charge on any atom is -0.508 e. The van der Waals surface area contributed by atoms with Crippen LogP contribution >= 0.6 is 39.5 Å². The average Bonchev–Trinajstić information content (AvgIpc) is 3.91. The summed E-state index contributed by atoms with van der Waals surface area (Å²) in [5.41, 5.74) is 4.89. The minimum absolute atomic E-state index is 0.180. The molecular weight excluding hydrogens is 821 g/mol. The lowest BCUT2D eigenvalue weighted by molar-refractivity contribution is 0.475. The third-order valence-corrected chi connectivity index (χ3v) is 11.7. The molecule has 0 saturated carbocycles. The molecule has 0 bridgehead atoms. The Labute approximate surface area is 346 Å². The van der Waals surface area contributed by atoms with Gasteiger partial charge < -0.3 is 20.4 Å². The number of nitrogens with one attached hydrogen (secondary N) is 1. The number of phenols is 2. The van der Waals surface area contributed by atoms with Crippen molar-refractivity contribution >= 4 is 67.3 Å². The molecule has 6 heterocycles. The summed E-state index contributed by atoms with van der Waals surface area (Å²) < 4.78 is 4.29. The van der Waals surface area contributed by atoms with Crippen LogP contribution in [0.1, 0.15) is 0 Å². The van der Waals surface area contributed by atoms with Crippen LogP contribution in [0.5, 0.6) is 11.5 Å². The summed E-state index contributed by atoms with van der Waals surface area (Å²) in [5.74, 6) is 7.19. The third-order valence-electron chi connectivity index (χ3n) is 9.16. The number of halogens is 1. The predicted octanol–water partition coefficient (Wildman–Crippen LogP) is 8.01. The van der Waals surface area contributed by atoms with Gasteiger partial charge in [0.2, 0.25) is 0 Å². The van der Waals surface area contributed by atoms with E-state index in [9.17, 15) is 10.2 Å². The van der Waals surface area contributed by atoms with E-state index in [0.717, 1.165) is 69.3 Å². The number of rotatable bonds is 5. The number of hydrogen-bond acceptors (Lipinski definition) is 12. The van der Waals surface area contributed by atoms with Gasteiger partial charge in [0.25, 0.3) is 0 Å². The molecule has 10 rings (SSSR count). The van der Waals surface area contributed by atoms with Crippen molar-refractivity contribution in [2.45, 2.75) is 0 Å². The fourth-order valence-electron chi connectivity index (χ4n) is 6.36. The van der Waals surface area contributed by atoms with Crippen molar-refractivity contribution in [3.8, 4) is 45.6 Å². The molecule has 0 aliphatic carbocycles. The summed E-state index contributed by atoms with van der Waals surface area (Å²) in [5, 5.41) is 33.6. The van der Waals surface area contributed by atoms with Crippen LogP contribution in [0.4, 0.5) is 5.82 Å². The number of anilines is 1. The largest absolute Gasteiger partial charge is 0.508 e. The van der Waals surface area contributed by atoms with Crippen molar-refractivity contribution in [1.82, 2.24) is 44.8 Å². The second-order valence-corrected chi connectivity index (χ2v) is 16.2. The van der Waals surface area contributed by atoms with Crippen LogP contribution in [0.3, 0.4) is 0 Å². The van der Waals surface area contributed by atoms with Gasteiger partial charge in [-0.25, -0.2) is 29.3 Å². The summed E-state index contributed by atoms with van der Waals surface area (Å²) in [7, 11) is 0. The number of thioether (sulfide) groups is 2. The first kappa shape index (κ1) is 38.4. The van der Waals surface area contributed by atoms with Crippen LogP contribution < -0.4 is 10.2 Å². The van der Waals surface area contributed by atoms with Crippen molar-refractivity contribution in [1.29, 1.82) is 0 Å². The molecule has 0 amide bonds. The van der Waals surface area contributed by atoms with Gasteiger partial charge in [0.1, 0.15) is 21.9 Å². The molecule has 4 aromatic heterocycles. The lowest BCUT2D eigenvalue weighted by Gasteiger charge is -2.28. The van der Waals surface area contributed by atoms with Gasteiger partial charge in [-0.2, -0.15) is 33.7 Å². The molecule has 15 heteroatoms. The first-order valence-electron chi connectivity index (χ1n) is 18.5. The van der Waals surface area contributed by atoms with Crippen LogP contribution in [0.25, 0.3) is 56.2 Å². The zero-order valence-corrected chi connectivity index (χ0v) is 34.0. The Morgan fingerprint density at radius 2 is 1.07 bits per heavy atom. The highest BCUT2D eigenvalue weighted by Gasteiger charge is 2.21. The molecule has 288 valence electrons. The quantitative estimate of drug-likeness (QED) is 0.144. The normalized spacial score (nSPS) is 14.1. The Hall–Kier alpha value is -5.48. The molecule has 8 aromatic rings. The third kappa shape index (κ3) is 9.07. The smallest absolute Gasteiger partial charge is 0.169 e. The summed E-state index contributed by atoms with van der Waals surface area (Å²) >= 11 is 7.48. The van der Waals surface area contributed by atoms with E-state index in [1.165, 1.54) is 24.6 Å². The van der Waals surface area contributed by atoms with E-state index in [1.54, 1.807) is 41.2 Å². The van der Waals surface area contributed by atoms with Crippen molar-refractivity contribution in [3.05, 3.63) is 126 Å². The number of aromatic nitrogens is 8. The van der Waals surface area contributed by atoms with E-state index >= 15 is 0 Å². The number of hydrogen-bond donors (Lipinski definition) is 3. The maximum atomic E-state index is 9.91. The molecule has 2 aliphatic rings. The summed E-state index contributed by atoms with van der Waals surface area (Å²) in [6.07, 6.45) is 3.59. The van der Waals surface area contributed by atoms with Crippen molar-refractivity contribution in [2.75, 3.05) is 54.1 Å². The molecule has 2 saturated heterocycles. The van der Waals surface area contributed by atoms with E-state index in [1.807, 2.05) is 113 Å². The fraction of sp³-hybridized carbons (Fsp3) is 0.190. The molecular formula is C42H39BrN10O2S2. The summed E-state index contributed by atoms with van der Waals surface area (Å²) in [4.78, 5) is 21.1. The summed E-state index contributed by atoms with van der Waals surface area (Å²) in [6.45, 7) is 4.33. The minimum atomic E-state index is 0.180. The number of para-hydroxylation sites is 2. The van der Waals surface area contributed by atoms with Gasteiger partial charge in [0.05, 0.1) is 34.5 Å². The molecule has 0 unspecified atom stereocenters. The Kier molecular flexibility index (Phi) is 12.3. The van der Waals surface area contributed by atoms with E-state index in [0.29, 0.717) is 21.9 Å². The van der Waals surface area contributed by atoms with Crippen LogP contribution in [-0.2, 0) is 0 Å². The van der Waals surface area contributed by atoms with E-state index in [4.69, 9.17) is 9.97 Å². The van der Waals surface area contributed by atoms with Crippen LogP contribution in [0.2, 0.25) is 0 Å². The number of aromatic hydroxyl groups is 2. The molecule has 0 radical (unpaired) electrons. The SMILES string of the molecule is C1CSCCN1.Oc1cccc(-c2nc(Br)c3cnn(-c4ccccc4)c3n2)c1.Oc1cccc(-c2nc(N3CCSCC3)c3cnn(-c4ccccc4)c3n2)c1. The van der Waals surface area contributed by atoms with Crippen LogP contribution in [-0.4, -0.2) is 98.9 Å². The molecule has 12 nitrogen and oxygen atoms in total. The van der Waals surface area contributed by atoms with Crippen LogP contribution in [0.15, 0.2) is 126 Å². The zero-order valence-electron chi connectivity index (χ0n) is 30.8. The molecule has 4 aromatic carbocycles. The van der Waals surface area contributed by atoms with E-state index < -0.39 is 0 Å². The lowest BCUT2D eigenvalue weighted by Crippen LogP contribution is -2.33. The first-order chi connectivity index (χ1) is 28.0. The highest BCUT2D eigenvalue weighted by molar-refractivity contribution is 9.10. The predicted molar refractivity (Wildman–Crippen MR) is 235 cm³/mol. The number of phenolic OH excluding ortho intramolecular Hbond substituents is 2. The highest BCUT2D eigenvalue weighted by atomic mass is 79.9. The van der Waals surface area contributed by atoms with Crippen molar-refractivity contribution < 1.29 is 10.2 Å². The Balaban J connectivity index is 0.000000141. The first-order valence-corrected chi connectivity index (χ1v) is 21.6. The van der Waals surface area contributed by atoms with E-state index in [2.05, 4.69) is 46.3 Å². The number of fused-ring (bicyclic) bond motifs is 2. The Morgan fingerprint density at radius 3 is 1.58 bits per heavy atom. The lowest BCUT2D eigenvalue weighted by atomic mass is 10.2. The number of benzene rings is 4. The monoisotopic (exact) mass is 858 g/mol. The van der Waals surface area contributed by atoms with Crippen molar-refractivity contribution in [3.63, 3.8) is 0 Å². The van der Waals surface area contributed by atoms with Gasteiger partial charge >= 0.3 is 0 Å². The van der Waals surface area contributed by atoms with Gasteiger partial charge in [-0.15, -0.1) is 0 Å². The second-order valence-electron chi connectivity index (χ2n) is 13.0. The summed E-state index contributed by atoms with van der Waals surface area (Å²) in [6, 6.07) is 33.7. The van der Waals surface area contributed by atoms with E-state index in [-0.39, 0.29) is 11.5 Å². The molecule has 0 spiro atoms. The maximum Gasteiger partial charge on any atom is 0.169 e. The van der Waals surface area contributed by atoms with Gasteiger partial charge in [-0.05, 0) is 64.5 Å². The van der Waals surface area contributed by atoms with Gasteiger partial charge in [-0.3, -0.25) is 0 Å². The van der Waals surface area contributed by atoms with Crippen LogP contribution in [0, 0.1) is 0 Å². The Bertz CT molecular complexity index is 2570.